The molecule has 80 valence electrons. The molecule has 1 N–H and O–H groups in total. The summed E-state index contributed by atoms with van der Waals surface area (Å²) in [6.07, 6.45) is 3.05. The second-order valence-corrected chi connectivity index (χ2v) is 4.27. The van der Waals surface area contributed by atoms with Crippen LogP contribution in [0.3, 0.4) is 0 Å². The van der Waals surface area contributed by atoms with Gasteiger partial charge in [0.05, 0.1) is 16.9 Å². The summed E-state index contributed by atoms with van der Waals surface area (Å²) in [5.41, 5.74) is 2.24. The van der Waals surface area contributed by atoms with Crippen LogP contribution in [0.25, 0.3) is 11.0 Å². The topological polar surface area (TPSA) is 29.9 Å². The molecule has 1 aromatic carbocycles. The third kappa shape index (κ3) is 2.52. The highest BCUT2D eigenvalue weighted by Gasteiger charge is 2.00. The highest BCUT2D eigenvalue weighted by atomic mass is 32.2. The zero-order valence-electron chi connectivity index (χ0n) is 8.81. The predicted molar refractivity (Wildman–Crippen MR) is 65.9 cm³/mol. The van der Waals surface area contributed by atoms with Crippen molar-refractivity contribution in [3.63, 3.8) is 0 Å². The summed E-state index contributed by atoms with van der Waals surface area (Å²) >= 11 is 1.74. The van der Waals surface area contributed by atoms with Crippen LogP contribution < -0.4 is 5.32 Å². The van der Waals surface area contributed by atoms with E-state index in [0.29, 0.717) is 0 Å². The number of para-hydroxylation sites is 2. The molecule has 0 unspecified atom stereocenters. The van der Waals surface area contributed by atoms with Crippen LogP contribution in [0.5, 0.6) is 0 Å². The average Bonchev–Trinajstić information content (AvgIpc) is 2.68. The quantitative estimate of drug-likeness (QED) is 0.621. The molecule has 0 aliphatic heterocycles. The van der Waals surface area contributed by atoms with Gasteiger partial charge in [-0.3, -0.25) is 3.97 Å². The summed E-state index contributed by atoms with van der Waals surface area (Å²) in [7, 11) is 0. The molecule has 1 heterocycles. The predicted octanol–water partition coefficient (Wildman–Crippen LogP) is 2.49. The smallest absolute Gasteiger partial charge is 0.106 e. The van der Waals surface area contributed by atoms with E-state index in [1.807, 2.05) is 24.5 Å². The fourth-order valence-corrected chi connectivity index (χ4v) is 2.19. The molecule has 4 heteroatoms. The number of imidazole rings is 1. The Morgan fingerprint density at radius 1 is 1.40 bits per heavy atom. The van der Waals surface area contributed by atoms with Crippen LogP contribution in [0.4, 0.5) is 0 Å². The van der Waals surface area contributed by atoms with Gasteiger partial charge in [0.2, 0.25) is 0 Å². The van der Waals surface area contributed by atoms with E-state index in [-0.39, 0.29) is 0 Å². The van der Waals surface area contributed by atoms with Crippen molar-refractivity contribution in [3.8, 4) is 0 Å². The lowest BCUT2D eigenvalue weighted by Gasteiger charge is -2.03. The Labute approximate surface area is 94.0 Å². The van der Waals surface area contributed by atoms with Crippen LogP contribution in [0, 0.1) is 0 Å². The van der Waals surface area contributed by atoms with Crippen molar-refractivity contribution in [1.82, 2.24) is 14.3 Å². The molecule has 2 aromatic rings. The molecule has 0 atom stereocenters. The van der Waals surface area contributed by atoms with Gasteiger partial charge in [0, 0.05) is 0 Å². The van der Waals surface area contributed by atoms with Gasteiger partial charge in [-0.15, -0.1) is 0 Å². The molecule has 3 nitrogen and oxygen atoms in total. The Balaban J connectivity index is 2.02. The van der Waals surface area contributed by atoms with E-state index in [4.69, 9.17) is 0 Å². The third-order valence-electron chi connectivity index (χ3n) is 2.15. The van der Waals surface area contributed by atoms with Gasteiger partial charge in [-0.2, -0.15) is 0 Å². The van der Waals surface area contributed by atoms with Gasteiger partial charge in [-0.1, -0.05) is 19.1 Å². The van der Waals surface area contributed by atoms with Gasteiger partial charge in [-0.05, 0) is 37.0 Å². The van der Waals surface area contributed by atoms with Gasteiger partial charge in [0.15, 0.2) is 0 Å². The van der Waals surface area contributed by atoms with E-state index in [0.717, 1.165) is 17.9 Å². The molecule has 0 spiro atoms. The van der Waals surface area contributed by atoms with Gasteiger partial charge >= 0.3 is 0 Å². The number of nitrogens with zero attached hydrogens (tertiary/aromatic N) is 2. The summed E-state index contributed by atoms with van der Waals surface area (Å²) in [5, 5.41) is 3.35. The second kappa shape index (κ2) is 5.19. The summed E-state index contributed by atoms with van der Waals surface area (Å²) < 4.78 is 2.11. The molecule has 0 bridgehead atoms. The normalized spacial score (nSPS) is 11.0. The number of hydrogen-bond acceptors (Lipinski definition) is 3. The number of rotatable bonds is 5. The van der Waals surface area contributed by atoms with Gasteiger partial charge in [0.25, 0.3) is 0 Å². The minimum Gasteiger partial charge on any atom is -0.306 e. The molecule has 0 fully saturated rings. The molecule has 15 heavy (non-hydrogen) atoms. The third-order valence-corrected chi connectivity index (χ3v) is 3.06. The summed E-state index contributed by atoms with van der Waals surface area (Å²) in [6.45, 7) is 3.24. The molecule has 0 radical (unpaired) electrons. The first-order chi connectivity index (χ1) is 7.42. The zero-order chi connectivity index (χ0) is 10.5. The lowest BCUT2D eigenvalue weighted by Crippen LogP contribution is -2.14. The summed E-state index contributed by atoms with van der Waals surface area (Å²) in [5.74, 6) is 0.925. The number of hydrogen-bond donors (Lipinski definition) is 1. The molecule has 0 aliphatic rings. The van der Waals surface area contributed by atoms with Crippen LogP contribution in [-0.2, 0) is 0 Å². The Morgan fingerprint density at radius 2 is 2.27 bits per heavy atom. The van der Waals surface area contributed by atoms with Crippen molar-refractivity contribution in [3.05, 3.63) is 30.6 Å². The largest absolute Gasteiger partial charge is 0.306 e. The van der Waals surface area contributed by atoms with Crippen molar-refractivity contribution < 1.29 is 0 Å². The molecular weight excluding hydrogens is 206 g/mol. The lowest BCUT2D eigenvalue weighted by molar-refractivity contribution is 0.755. The summed E-state index contributed by atoms with van der Waals surface area (Å²) in [4.78, 5) is 4.33. The van der Waals surface area contributed by atoms with Crippen LogP contribution >= 0.6 is 11.9 Å². The number of fused-ring (bicyclic) bond motifs is 1. The summed E-state index contributed by atoms with van der Waals surface area (Å²) in [6, 6.07) is 8.18. The standard InChI is InChI=1S/C11H15N3S/c1-2-7-12-9-15-14-8-13-10-5-3-4-6-11(10)14/h3-6,8,12H,2,7,9H2,1H3. The maximum Gasteiger partial charge on any atom is 0.106 e. The van der Waals surface area contributed by atoms with Crippen LogP contribution in [0.1, 0.15) is 13.3 Å². The lowest BCUT2D eigenvalue weighted by atomic mass is 10.3. The van der Waals surface area contributed by atoms with Crippen molar-refractivity contribution >= 4 is 23.0 Å². The Bertz CT molecular complexity index is 424. The second-order valence-electron chi connectivity index (χ2n) is 3.33. The minimum atomic E-state index is 0.925. The minimum absolute atomic E-state index is 0.925. The van der Waals surface area contributed by atoms with Crippen molar-refractivity contribution in [2.24, 2.45) is 0 Å². The van der Waals surface area contributed by atoms with E-state index in [1.165, 1.54) is 11.9 Å². The first-order valence-electron chi connectivity index (χ1n) is 5.18. The Morgan fingerprint density at radius 3 is 3.13 bits per heavy atom. The van der Waals surface area contributed by atoms with Gasteiger partial charge in [-0.25, -0.2) is 4.98 Å². The van der Waals surface area contributed by atoms with Crippen LogP contribution in [-0.4, -0.2) is 21.4 Å². The van der Waals surface area contributed by atoms with E-state index in [9.17, 15) is 0 Å². The molecular formula is C11H15N3S. The number of nitrogens with one attached hydrogen (secondary N) is 1. The van der Waals surface area contributed by atoms with E-state index in [1.54, 1.807) is 11.9 Å². The van der Waals surface area contributed by atoms with E-state index < -0.39 is 0 Å². The maximum absolute atomic E-state index is 4.33. The van der Waals surface area contributed by atoms with Crippen molar-refractivity contribution in [2.75, 3.05) is 12.4 Å². The van der Waals surface area contributed by atoms with Crippen LogP contribution in [0.15, 0.2) is 30.6 Å². The van der Waals surface area contributed by atoms with Crippen molar-refractivity contribution in [1.29, 1.82) is 0 Å². The van der Waals surface area contributed by atoms with Gasteiger partial charge in [0.1, 0.15) is 6.33 Å². The molecule has 1 aromatic heterocycles. The zero-order valence-corrected chi connectivity index (χ0v) is 9.63. The average molecular weight is 221 g/mol. The first-order valence-corrected chi connectivity index (χ1v) is 6.12. The fraction of sp³-hybridized carbons (Fsp3) is 0.364. The van der Waals surface area contributed by atoms with Crippen LogP contribution in [0.2, 0.25) is 0 Å². The molecule has 2 rings (SSSR count). The SMILES string of the molecule is CCCNCSn1cnc2ccccc21. The molecule has 0 saturated carbocycles. The highest BCUT2D eigenvalue weighted by molar-refractivity contribution is 7.97. The Kier molecular flexibility index (Phi) is 3.64. The van der Waals surface area contributed by atoms with E-state index in [2.05, 4.69) is 27.3 Å². The monoisotopic (exact) mass is 221 g/mol. The first kappa shape index (κ1) is 10.5. The molecule has 0 amide bonds. The highest BCUT2D eigenvalue weighted by Crippen LogP contribution is 2.16. The van der Waals surface area contributed by atoms with Gasteiger partial charge < -0.3 is 5.32 Å². The molecule has 0 aliphatic carbocycles. The Hall–Kier alpha value is -1.00. The number of aromatic nitrogens is 2. The fourth-order valence-electron chi connectivity index (χ4n) is 1.40. The van der Waals surface area contributed by atoms with E-state index >= 15 is 0 Å². The van der Waals surface area contributed by atoms with Crippen molar-refractivity contribution in [2.45, 2.75) is 13.3 Å². The molecule has 0 saturated heterocycles. The number of benzene rings is 1. The maximum atomic E-state index is 4.33.